The standard InChI is InChI=1S/C22H16BrN5OS2/c1-12-2-7-16-18(8-12)31-21(26-16)13-3-5-15(6-4-13)25-19(29)11-30-22-27-17-9-14(23)10-24-20(17)28-22/h2-10H,11H2,1H3,(H,25,29)(H,24,27,28). The van der Waals surface area contributed by atoms with E-state index in [9.17, 15) is 4.79 Å². The van der Waals surface area contributed by atoms with E-state index in [2.05, 4.69) is 55.3 Å². The SMILES string of the molecule is Cc1ccc2nc(-c3ccc(NC(=O)CSc4nc5ncc(Br)cc5[nH]4)cc3)sc2c1. The number of nitrogens with one attached hydrogen (secondary N) is 2. The average molecular weight is 510 g/mol. The average Bonchev–Trinajstić information content (AvgIpc) is 3.35. The first-order valence-electron chi connectivity index (χ1n) is 9.45. The Hall–Kier alpha value is -2.75. The Morgan fingerprint density at radius 2 is 2.00 bits per heavy atom. The van der Waals surface area contributed by atoms with E-state index in [0.29, 0.717) is 10.8 Å². The van der Waals surface area contributed by atoms with E-state index >= 15 is 0 Å². The van der Waals surface area contributed by atoms with E-state index in [1.165, 1.54) is 22.0 Å². The second-order valence-corrected chi connectivity index (χ2v) is 9.88. The highest BCUT2D eigenvalue weighted by Gasteiger charge is 2.10. The highest BCUT2D eigenvalue weighted by atomic mass is 79.9. The highest BCUT2D eigenvalue weighted by Crippen LogP contribution is 2.31. The number of halogens is 1. The topological polar surface area (TPSA) is 83.6 Å². The zero-order valence-corrected chi connectivity index (χ0v) is 19.6. The number of rotatable bonds is 5. The number of carbonyl (C=O) groups excluding carboxylic acids is 1. The molecule has 3 heterocycles. The van der Waals surface area contributed by atoms with Crippen LogP contribution in [0.5, 0.6) is 0 Å². The van der Waals surface area contributed by atoms with Gasteiger partial charge in [-0.1, -0.05) is 17.8 Å². The van der Waals surface area contributed by atoms with Gasteiger partial charge in [0.05, 0.1) is 21.5 Å². The number of imidazole rings is 1. The minimum absolute atomic E-state index is 0.0946. The first kappa shape index (κ1) is 20.2. The molecule has 0 saturated carbocycles. The predicted molar refractivity (Wildman–Crippen MR) is 131 cm³/mol. The molecule has 0 aliphatic heterocycles. The van der Waals surface area contributed by atoms with Crippen LogP contribution in [-0.4, -0.2) is 31.6 Å². The van der Waals surface area contributed by atoms with E-state index in [1.54, 1.807) is 17.5 Å². The summed E-state index contributed by atoms with van der Waals surface area (Å²) in [5, 5.41) is 4.56. The lowest BCUT2D eigenvalue weighted by atomic mass is 10.2. The summed E-state index contributed by atoms with van der Waals surface area (Å²) < 4.78 is 2.06. The summed E-state index contributed by atoms with van der Waals surface area (Å²) in [6.07, 6.45) is 1.70. The summed E-state index contributed by atoms with van der Waals surface area (Å²) in [6.45, 7) is 2.08. The van der Waals surface area contributed by atoms with Gasteiger partial charge in [0.15, 0.2) is 10.8 Å². The van der Waals surface area contributed by atoms with Crippen molar-refractivity contribution < 1.29 is 4.79 Å². The van der Waals surface area contributed by atoms with Crippen LogP contribution in [-0.2, 0) is 4.79 Å². The number of aryl methyl sites for hydroxylation is 1. The summed E-state index contributed by atoms with van der Waals surface area (Å²) in [5.74, 6) is 0.155. The van der Waals surface area contributed by atoms with Gasteiger partial charge in [0.2, 0.25) is 5.91 Å². The van der Waals surface area contributed by atoms with E-state index in [4.69, 9.17) is 4.98 Å². The molecule has 2 aromatic carbocycles. The molecule has 0 bridgehead atoms. The minimum atomic E-state index is -0.0946. The van der Waals surface area contributed by atoms with Crippen molar-refractivity contribution in [3.63, 3.8) is 0 Å². The number of H-pyrrole nitrogens is 1. The molecule has 1 amide bonds. The maximum atomic E-state index is 12.4. The maximum Gasteiger partial charge on any atom is 0.234 e. The number of thiazole rings is 1. The predicted octanol–water partition coefficient (Wildman–Crippen LogP) is 6.04. The monoisotopic (exact) mass is 509 g/mol. The largest absolute Gasteiger partial charge is 0.331 e. The normalized spacial score (nSPS) is 11.3. The van der Waals surface area contributed by atoms with Gasteiger partial charge in [-0.05, 0) is 70.9 Å². The van der Waals surface area contributed by atoms with Crippen LogP contribution in [0, 0.1) is 6.92 Å². The lowest BCUT2D eigenvalue weighted by molar-refractivity contribution is -0.113. The molecule has 0 aliphatic rings. The third-order valence-corrected chi connectivity index (χ3v) is 6.96. The fourth-order valence-corrected chi connectivity index (χ4v) is 5.18. The van der Waals surface area contributed by atoms with Crippen molar-refractivity contribution in [2.45, 2.75) is 12.1 Å². The fourth-order valence-electron chi connectivity index (χ4n) is 3.10. The van der Waals surface area contributed by atoms with Crippen LogP contribution < -0.4 is 5.32 Å². The molecular formula is C22H16BrN5OS2. The Balaban J connectivity index is 1.22. The molecule has 6 nitrogen and oxygen atoms in total. The summed E-state index contributed by atoms with van der Waals surface area (Å²) in [4.78, 5) is 28.9. The number of anilines is 1. The lowest BCUT2D eigenvalue weighted by Gasteiger charge is -2.05. The molecule has 5 rings (SSSR count). The molecule has 0 saturated heterocycles. The van der Waals surface area contributed by atoms with Gasteiger partial charge in [0.1, 0.15) is 5.01 Å². The van der Waals surface area contributed by atoms with Gasteiger partial charge in [-0.15, -0.1) is 11.3 Å². The Morgan fingerprint density at radius 1 is 1.16 bits per heavy atom. The Morgan fingerprint density at radius 3 is 2.84 bits per heavy atom. The van der Waals surface area contributed by atoms with E-state index in [-0.39, 0.29) is 11.7 Å². The van der Waals surface area contributed by atoms with Crippen LogP contribution in [0.3, 0.4) is 0 Å². The third-order valence-electron chi connectivity index (χ3n) is 4.58. The number of hydrogen-bond acceptors (Lipinski definition) is 6. The van der Waals surface area contributed by atoms with Crippen LogP contribution in [0.15, 0.2) is 64.4 Å². The van der Waals surface area contributed by atoms with Gasteiger partial charge >= 0.3 is 0 Å². The molecular weight excluding hydrogens is 494 g/mol. The number of thioether (sulfide) groups is 1. The van der Waals surface area contributed by atoms with Gasteiger partial charge < -0.3 is 10.3 Å². The number of pyridine rings is 1. The summed E-state index contributed by atoms with van der Waals surface area (Å²) >= 11 is 6.40. The number of nitrogens with zero attached hydrogens (tertiary/aromatic N) is 3. The molecule has 0 fully saturated rings. The summed E-state index contributed by atoms with van der Waals surface area (Å²) in [6, 6.07) is 16.0. The Kier molecular flexibility index (Phi) is 5.47. The quantitative estimate of drug-likeness (QED) is 0.282. The van der Waals surface area contributed by atoms with Crippen molar-refractivity contribution in [3.8, 4) is 10.6 Å². The molecule has 0 atom stereocenters. The molecule has 9 heteroatoms. The van der Waals surface area contributed by atoms with Crippen molar-refractivity contribution in [2.24, 2.45) is 0 Å². The van der Waals surface area contributed by atoms with Crippen LogP contribution >= 0.6 is 39.0 Å². The number of hydrogen-bond donors (Lipinski definition) is 2. The molecule has 2 N–H and O–H groups in total. The van der Waals surface area contributed by atoms with Crippen LogP contribution in [0.4, 0.5) is 5.69 Å². The lowest BCUT2D eigenvalue weighted by Crippen LogP contribution is -2.14. The highest BCUT2D eigenvalue weighted by molar-refractivity contribution is 9.10. The first-order valence-corrected chi connectivity index (χ1v) is 12.0. The number of aromatic amines is 1. The minimum Gasteiger partial charge on any atom is -0.331 e. The molecule has 31 heavy (non-hydrogen) atoms. The summed E-state index contributed by atoms with van der Waals surface area (Å²) in [7, 11) is 0. The molecule has 0 unspecified atom stereocenters. The zero-order valence-electron chi connectivity index (χ0n) is 16.3. The van der Waals surface area contributed by atoms with Crippen molar-refractivity contribution >= 4 is 72.0 Å². The van der Waals surface area contributed by atoms with E-state index in [0.717, 1.165) is 31.8 Å². The van der Waals surface area contributed by atoms with E-state index in [1.807, 2.05) is 36.4 Å². The maximum absolute atomic E-state index is 12.4. The first-order chi connectivity index (χ1) is 15.0. The summed E-state index contributed by atoms with van der Waals surface area (Å²) in [5.41, 5.74) is 5.48. The van der Waals surface area contributed by atoms with Gasteiger partial charge in [0, 0.05) is 21.9 Å². The third kappa shape index (κ3) is 4.48. The molecule has 0 aliphatic carbocycles. The smallest absolute Gasteiger partial charge is 0.234 e. The molecule has 0 radical (unpaired) electrons. The van der Waals surface area contributed by atoms with E-state index < -0.39 is 0 Å². The molecule has 154 valence electrons. The number of fused-ring (bicyclic) bond motifs is 2. The number of aromatic nitrogens is 4. The second kappa shape index (κ2) is 8.41. The van der Waals surface area contributed by atoms with Gasteiger partial charge in [0.25, 0.3) is 0 Å². The number of amides is 1. The van der Waals surface area contributed by atoms with Gasteiger partial charge in [-0.3, -0.25) is 4.79 Å². The zero-order chi connectivity index (χ0) is 21.4. The Bertz CT molecular complexity index is 1410. The molecule has 3 aromatic heterocycles. The second-order valence-electron chi connectivity index (χ2n) is 6.97. The number of carbonyl (C=O) groups is 1. The molecule has 5 aromatic rings. The Labute approximate surface area is 194 Å². The van der Waals surface area contributed by atoms with Crippen LogP contribution in [0.1, 0.15) is 5.56 Å². The fraction of sp³-hybridized carbons (Fsp3) is 0.0909. The van der Waals surface area contributed by atoms with Gasteiger partial charge in [-0.2, -0.15) is 0 Å². The van der Waals surface area contributed by atoms with Crippen LogP contribution in [0.25, 0.3) is 32.0 Å². The van der Waals surface area contributed by atoms with Crippen molar-refractivity contribution in [1.82, 2.24) is 19.9 Å². The van der Waals surface area contributed by atoms with Crippen molar-refractivity contribution in [3.05, 3.63) is 64.8 Å². The van der Waals surface area contributed by atoms with Gasteiger partial charge in [-0.25, -0.2) is 15.0 Å². The number of benzene rings is 2. The van der Waals surface area contributed by atoms with Crippen molar-refractivity contribution in [2.75, 3.05) is 11.1 Å². The van der Waals surface area contributed by atoms with Crippen molar-refractivity contribution in [1.29, 1.82) is 0 Å². The molecule has 0 spiro atoms. The van der Waals surface area contributed by atoms with Crippen LogP contribution in [0.2, 0.25) is 0 Å².